The third-order valence-electron chi connectivity index (χ3n) is 3.78. The van der Waals surface area contributed by atoms with Gasteiger partial charge in [-0.3, -0.25) is 4.79 Å². The van der Waals surface area contributed by atoms with Crippen molar-refractivity contribution in [3.63, 3.8) is 0 Å². The van der Waals surface area contributed by atoms with Crippen LogP contribution in [0.25, 0.3) is 6.08 Å². The van der Waals surface area contributed by atoms with E-state index in [4.69, 9.17) is 0 Å². The van der Waals surface area contributed by atoms with Gasteiger partial charge in [0, 0.05) is 0 Å². The SMILES string of the molecule is CC(=Cc1ccccc1)C=C1SC(=Nc2ccc(C)cc2C)NC1=O. The lowest BCUT2D eigenvalue weighted by Crippen LogP contribution is -2.19. The molecule has 1 aliphatic heterocycles. The van der Waals surface area contributed by atoms with Crippen LogP contribution in [0.1, 0.15) is 23.6 Å². The number of nitrogens with one attached hydrogen (secondary N) is 1. The topological polar surface area (TPSA) is 41.5 Å². The fourth-order valence-electron chi connectivity index (χ4n) is 2.58. The highest BCUT2D eigenvalue weighted by Crippen LogP contribution is 2.29. The molecular formula is C21H20N2OS. The Morgan fingerprint density at radius 3 is 2.60 bits per heavy atom. The summed E-state index contributed by atoms with van der Waals surface area (Å²) in [6, 6.07) is 16.2. The minimum atomic E-state index is -0.102. The summed E-state index contributed by atoms with van der Waals surface area (Å²) >= 11 is 1.38. The molecule has 126 valence electrons. The molecule has 0 radical (unpaired) electrons. The number of amides is 1. The summed E-state index contributed by atoms with van der Waals surface area (Å²) in [5.74, 6) is -0.102. The van der Waals surface area contributed by atoms with E-state index in [0.717, 1.165) is 22.4 Å². The van der Waals surface area contributed by atoms with E-state index in [9.17, 15) is 4.79 Å². The second-order valence-electron chi connectivity index (χ2n) is 6.07. The third-order valence-corrected chi connectivity index (χ3v) is 4.69. The highest BCUT2D eigenvalue weighted by atomic mass is 32.2. The molecule has 25 heavy (non-hydrogen) atoms. The zero-order chi connectivity index (χ0) is 17.8. The molecule has 0 spiro atoms. The molecule has 2 aromatic rings. The molecule has 3 rings (SSSR count). The molecule has 4 heteroatoms. The number of thioether (sulfide) groups is 1. The van der Waals surface area contributed by atoms with Gasteiger partial charge in [-0.1, -0.05) is 54.1 Å². The van der Waals surface area contributed by atoms with Crippen LogP contribution in [0.3, 0.4) is 0 Å². The van der Waals surface area contributed by atoms with Crippen molar-refractivity contribution < 1.29 is 4.79 Å². The number of nitrogens with zero attached hydrogens (tertiary/aromatic N) is 1. The smallest absolute Gasteiger partial charge is 0.264 e. The first-order valence-corrected chi connectivity index (χ1v) is 8.93. The predicted molar refractivity (Wildman–Crippen MR) is 107 cm³/mol. The van der Waals surface area contributed by atoms with Crippen molar-refractivity contribution in [1.82, 2.24) is 5.32 Å². The van der Waals surface area contributed by atoms with Gasteiger partial charge in [-0.15, -0.1) is 0 Å². The first-order chi connectivity index (χ1) is 12.0. The maximum Gasteiger partial charge on any atom is 0.264 e. The minimum Gasteiger partial charge on any atom is -0.300 e. The molecular weight excluding hydrogens is 328 g/mol. The molecule has 0 aromatic heterocycles. The molecule has 1 heterocycles. The van der Waals surface area contributed by atoms with Gasteiger partial charge in [0.2, 0.25) is 0 Å². The largest absolute Gasteiger partial charge is 0.300 e. The van der Waals surface area contributed by atoms with Crippen LogP contribution in [-0.4, -0.2) is 11.1 Å². The summed E-state index contributed by atoms with van der Waals surface area (Å²) in [5.41, 5.74) is 5.32. The summed E-state index contributed by atoms with van der Waals surface area (Å²) < 4.78 is 0. The van der Waals surface area contributed by atoms with Gasteiger partial charge in [-0.2, -0.15) is 0 Å². The van der Waals surface area contributed by atoms with Crippen LogP contribution in [0, 0.1) is 13.8 Å². The van der Waals surface area contributed by atoms with Gasteiger partial charge >= 0.3 is 0 Å². The van der Waals surface area contributed by atoms with E-state index in [1.54, 1.807) is 0 Å². The fraction of sp³-hybridized carbons (Fsp3) is 0.143. The van der Waals surface area contributed by atoms with E-state index in [-0.39, 0.29) is 5.91 Å². The van der Waals surface area contributed by atoms with Gasteiger partial charge in [0.1, 0.15) is 0 Å². The molecule has 0 saturated carbocycles. The van der Waals surface area contributed by atoms with Crippen LogP contribution in [0.2, 0.25) is 0 Å². The van der Waals surface area contributed by atoms with Crippen molar-refractivity contribution in [2.24, 2.45) is 4.99 Å². The Morgan fingerprint density at radius 2 is 1.88 bits per heavy atom. The minimum absolute atomic E-state index is 0.102. The average molecular weight is 348 g/mol. The molecule has 1 aliphatic rings. The number of amidine groups is 1. The van der Waals surface area contributed by atoms with Crippen LogP contribution in [0.5, 0.6) is 0 Å². The zero-order valence-corrected chi connectivity index (χ0v) is 15.4. The predicted octanol–water partition coefficient (Wildman–Crippen LogP) is 5.14. The molecule has 0 unspecified atom stereocenters. The fourth-order valence-corrected chi connectivity index (χ4v) is 3.47. The Kier molecular flexibility index (Phi) is 5.19. The molecule has 3 nitrogen and oxygen atoms in total. The maximum absolute atomic E-state index is 12.2. The van der Waals surface area contributed by atoms with Crippen molar-refractivity contribution in [3.8, 4) is 0 Å². The molecule has 2 aromatic carbocycles. The van der Waals surface area contributed by atoms with Gasteiger partial charge in [0.15, 0.2) is 5.17 Å². The molecule has 1 saturated heterocycles. The van der Waals surface area contributed by atoms with Gasteiger partial charge in [0.25, 0.3) is 5.91 Å². The first kappa shape index (κ1) is 17.2. The summed E-state index contributed by atoms with van der Waals surface area (Å²) in [7, 11) is 0. The van der Waals surface area contributed by atoms with E-state index in [0.29, 0.717) is 10.1 Å². The summed E-state index contributed by atoms with van der Waals surface area (Å²) in [4.78, 5) is 17.4. The number of aliphatic imine (C=N–C) groups is 1. The Labute approximate surface area is 152 Å². The number of carbonyl (C=O) groups is 1. The van der Waals surface area contributed by atoms with Crippen molar-refractivity contribution in [2.75, 3.05) is 0 Å². The number of carbonyl (C=O) groups excluding carboxylic acids is 1. The number of rotatable bonds is 3. The van der Waals surface area contributed by atoms with Crippen molar-refractivity contribution in [3.05, 3.63) is 81.8 Å². The summed E-state index contributed by atoms with van der Waals surface area (Å²) in [6.45, 7) is 6.07. The number of benzene rings is 2. The number of aryl methyl sites for hydroxylation is 2. The number of hydrogen-bond acceptors (Lipinski definition) is 3. The van der Waals surface area contributed by atoms with Gasteiger partial charge in [-0.05, 0) is 61.4 Å². The van der Waals surface area contributed by atoms with Crippen molar-refractivity contribution in [1.29, 1.82) is 0 Å². The number of hydrogen-bond donors (Lipinski definition) is 1. The Bertz CT molecular complexity index is 895. The van der Waals surface area contributed by atoms with Gasteiger partial charge in [0.05, 0.1) is 10.6 Å². The summed E-state index contributed by atoms with van der Waals surface area (Å²) in [6.07, 6.45) is 3.96. The van der Waals surface area contributed by atoms with Crippen molar-refractivity contribution in [2.45, 2.75) is 20.8 Å². The monoisotopic (exact) mass is 348 g/mol. The molecule has 1 fully saturated rings. The average Bonchev–Trinajstić information content (AvgIpc) is 2.90. The highest BCUT2D eigenvalue weighted by Gasteiger charge is 2.23. The second kappa shape index (κ2) is 7.53. The standard InChI is InChI=1S/C21H20N2OS/c1-14-9-10-18(16(3)11-14)22-21-23-20(24)19(25-21)13-15(2)12-17-7-5-4-6-8-17/h4-13H,1-3H3,(H,22,23,24). The maximum atomic E-state index is 12.2. The lowest BCUT2D eigenvalue weighted by atomic mass is 10.1. The quantitative estimate of drug-likeness (QED) is 0.780. The molecule has 1 amide bonds. The second-order valence-corrected chi connectivity index (χ2v) is 7.10. The zero-order valence-electron chi connectivity index (χ0n) is 14.5. The lowest BCUT2D eigenvalue weighted by Gasteiger charge is -2.02. The Balaban J connectivity index is 1.80. The van der Waals surface area contributed by atoms with Gasteiger partial charge < -0.3 is 5.32 Å². The van der Waals surface area contributed by atoms with E-state index in [2.05, 4.69) is 29.4 Å². The van der Waals surface area contributed by atoms with E-state index in [1.807, 2.05) is 62.4 Å². The van der Waals surface area contributed by atoms with E-state index in [1.165, 1.54) is 17.3 Å². The normalized spacial score (nSPS) is 18.0. The molecule has 1 N–H and O–H groups in total. The summed E-state index contributed by atoms with van der Waals surface area (Å²) in [5, 5.41) is 3.46. The Hall–Kier alpha value is -2.59. The molecule has 0 atom stereocenters. The van der Waals surface area contributed by atoms with Crippen LogP contribution >= 0.6 is 11.8 Å². The molecule has 0 bridgehead atoms. The third kappa shape index (κ3) is 4.48. The van der Waals surface area contributed by atoms with E-state index >= 15 is 0 Å². The Morgan fingerprint density at radius 1 is 1.12 bits per heavy atom. The highest BCUT2D eigenvalue weighted by molar-refractivity contribution is 8.18. The van der Waals surface area contributed by atoms with Gasteiger partial charge in [-0.25, -0.2) is 4.99 Å². The molecule has 0 aliphatic carbocycles. The van der Waals surface area contributed by atoms with Crippen LogP contribution < -0.4 is 5.32 Å². The van der Waals surface area contributed by atoms with Crippen LogP contribution in [0.15, 0.2) is 70.1 Å². The van der Waals surface area contributed by atoms with Crippen LogP contribution in [0.4, 0.5) is 5.69 Å². The number of allylic oxidation sites excluding steroid dienone is 2. The first-order valence-electron chi connectivity index (χ1n) is 8.11. The van der Waals surface area contributed by atoms with Crippen LogP contribution in [-0.2, 0) is 4.79 Å². The lowest BCUT2D eigenvalue weighted by molar-refractivity contribution is -0.115. The van der Waals surface area contributed by atoms with E-state index < -0.39 is 0 Å². The van der Waals surface area contributed by atoms with Crippen molar-refractivity contribution >= 4 is 34.6 Å².